The predicted molar refractivity (Wildman–Crippen MR) is 37.4 cm³/mol. The van der Waals surface area contributed by atoms with E-state index in [1.54, 1.807) is 6.07 Å². The van der Waals surface area contributed by atoms with Crippen LogP contribution in [0.2, 0.25) is 0 Å². The van der Waals surface area contributed by atoms with Gasteiger partial charge >= 0.3 is 0 Å². The quantitative estimate of drug-likeness (QED) is 0.571. The maximum atomic E-state index is 9.99. The Balaban J connectivity index is 2.75. The highest BCUT2D eigenvalue weighted by molar-refractivity contribution is 5.27. The Morgan fingerprint density at radius 2 is 2.30 bits per heavy atom. The molecule has 0 fully saturated rings. The van der Waals surface area contributed by atoms with Gasteiger partial charge in [0.1, 0.15) is 5.75 Å². The molecule has 2 nitrogen and oxygen atoms in total. The molecule has 1 aromatic rings. The Morgan fingerprint density at radius 1 is 1.50 bits per heavy atom. The number of rotatable bonds is 2. The third-order valence-corrected chi connectivity index (χ3v) is 1.22. The summed E-state index contributed by atoms with van der Waals surface area (Å²) in [5, 5.41) is 9.99. The van der Waals surface area contributed by atoms with Crippen molar-refractivity contribution in [1.82, 2.24) is 0 Å². The molecule has 1 rings (SSSR count). The molecule has 0 aromatic heterocycles. The molecule has 0 amide bonds. The van der Waals surface area contributed by atoms with Crippen molar-refractivity contribution in [3.63, 3.8) is 0 Å². The minimum atomic E-state index is -0.510. The van der Waals surface area contributed by atoms with Crippen LogP contribution in [-0.4, -0.2) is 6.79 Å². The average molecular weight is 137 g/mol. The number of ether oxygens (including phenoxy) is 1. The minimum Gasteiger partial charge on any atom is -0.465 e. The van der Waals surface area contributed by atoms with Crippen LogP contribution in [0.3, 0.4) is 0 Å². The summed E-state index contributed by atoms with van der Waals surface area (Å²) in [5.41, 5.74) is 1.10. The zero-order valence-electron chi connectivity index (χ0n) is 5.83. The van der Waals surface area contributed by atoms with Crippen LogP contribution in [0.5, 0.6) is 5.75 Å². The molecule has 53 valence electrons. The number of benzene rings is 1. The van der Waals surface area contributed by atoms with E-state index < -0.39 is 6.79 Å². The summed E-state index contributed by atoms with van der Waals surface area (Å²) >= 11 is 0. The molecule has 10 heavy (non-hydrogen) atoms. The lowest BCUT2D eigenvalue weighted by Crippen LogP contribution is -1.92. The smallest absolute Gasteiger partial charge is 0.221 e. The van der Waals surface area contributed by atoms with Crippen LogP contribution >= 0.6 is 0 Å². The average Bonchev–Trinajstić information content (AvgIpc) is 1.88. The number of hydrogen-bond donors (Lipinski definition) is 0. The third kappa shape index (κ3) is 1.74. The summed E-state index contributed by atoms with van der Waals surface area (Å²) in [7, 11) is 0. The molecule has 1 radical (unpaired) electrons. The molecule has 0 spiro atoms. The minimum absolute atomic E-state index is 0.510. The van der Waals surface area contributed by atoms with Crippen LogP contribution in [0.1, 0.15) is 5.56 Å². The second kappa shape index (κ2) is 3.22. The van der Waals surface area contributed by atoms with Gasteiger partial charge in [0.15, 0.2) is 0 Å². The molecule has 0 heterocycles. The fraction of sp³-hybridized carbons (Fsp3) is 0.250. The van der Waals surface area contributed by atoms with Crippen LogP contribution in [0.15, 0.2) is 24.3 Å². The van der Waals surface area contributed by atoms with Gasteiger partial charge in [0.2, 0.25) is 6.79 Å². The van der Waals surface area contributed by atoms with E-state index in [2.05, 4.69) is 0 Å². The SMILES string of the molecule is Cc1cccc(OC[O])c1. The normalized spacial score (nSPS) is 9.40. The molecule has 0 aliphatic carbocycles. The van der Waals surface area contributed by atoms with E-state index in [0.717, 1.165) is 5.56 Å². The standard InChI is InChI=1S/C8H9O2/c1-7-3-2-4-8(5-7)10-6-9/h2-5H,6H2,1H3. The van der Waals surface area contributed by atoms with E-state index in [1.165, 1.54) is 0 Å². The van der Waals surface area contributed by atoms with Crippen molar-refractivity contribution in [2.45, 2.75) is 6.92 Å². The van der Waals surface area contributed by atoms with Crippen LogP contribution in [-0.2, 0) is 5.11 Å². The number of hydrogen-bond acceptors (Lipinski definition) is 1. The summed E-state index contributed by atoms with van der Waals surface area (Å²) in [5.74, 6) is 0.648. The summed E-state index contributed by atoms with van der Waals surface area (Å²) in [6.45, 7) is 1.45. The molecule has 0 unspecified atom stereocenters. The van der Waals surface area contributed by atoms with Crippen LogP contribution in [0.25, 0.3) is 0 Å². The summed E-state index contributed by atoms with van der Waals surface area (Å²) < 4.78 is 4.73. The Bertz CT molecular complexity index is 208. The highest BCUT2D eigenvalue weighted by Crippen LogP contribution is 2.11. The Morgan fingerprint density at radius 3 is 2.90 bits per heavy atom. The molecule has 0 N–H and O–H groups in total. The fourth-order valence-corrected chi connectivity index (χ4v) is 0.773. The number of aryl methyl sites for hydroxylation is 1. The van der Waals surface area contributed by atoms with E-state index in [1.807, 2.05) is 25.1 Å². The van der Waals surface area contributed by atoms with Gasteiger partial charge in [0.05, 0.1) is 0 Å². The molecular formula is C8H9O2. The molecule has 0 bridgehead atoms. The van der Waals surface area contributed by atoms with Gasteiger partial charge in [0.25, 0.3) is 0 Å². The summed E-state index contributed by atoms with van der Waals surface area (Å²) in [6, 6.07) is 7.42. The van der Waals surface area contributed by atoms with Crippen LogP contribution in [0.4, 0.5) is 0 Å². The Labute approximate surface area is 60.1 Å². The van der Waals surface area contributed by atoms with Crippen LogP contribution in [0, 0.1) is 6.92 Å². The van der Waals surface area contributed by atoms with Gasteiger partial charge < -0.3 is 4.74 Å². The fourth-order valence-electron chi connectivity index (χ4n) is 0.773. The first kappa shape index (κ1) is 7.09. The Kier molecular flexibility index (Phi) is 2.29. The molecule has 0 aliphatic rings. The van der Waals surface area contributed by atoms with Crippen molar-refractivity contribution >= 4 is 0 Å². The van der Waals surface area contributed by atoms with E-state index in [0.29, 0.717) is 5.75 Å². The molecule has 0 saturated carbocycles. The van der Waals surface area contributed by atoms with Crippen molar-refractivity contribution in [2.75, 3.05) is 6.79 Å². The lowest BCUT2D eigenvalue weighted by molar-refractivity contribution is 0.0376. The molecular weight excluding hydrogens is 128 g/mol. The first-order chi connectivity index (χ1) is 4.83. The van der Waals surface area contributed by atoms with Crippen molar-refractivity contribution < 1.29 is 9.84 Å². The topological polar surface area (TPSA) is 29.1 Å². The van der Waals surface area contributed by atoms with E-state index >= 15 is 0 Å². The lowest BCUT2D eigenvalue weighted by atomic mass is 10.2. The van der Waals surface area contributed by atoms with Crippen molar-refractivity contribution in [3.05, 3.63) is 29.8 Å². The lowest BCUT2D eigenvalue weighted by Gasteiger charge is -1.99. The highest BCUT2D eigenvalue weighted by Gasteiger charge is 1.90. The predicted octanol–water partition coefficient (Wildman–Crippen LogP) is 1.76. The van der Waals surface area contributed by atoms with E-state index in [4.69, 9.17) is 4.74 Å². The second-order valence-corrected chi connectivity index (χ2v) is 2.08. The van der Waals surface area contributed by atoms with Gasteiger partial charge in [-0.15, -0.1) is 0 Å². The van der Waals surface area contributed by atoms with Crippen LogP contribution < -0.4 is 4.74 Å². The first-order valence-electron chi connectivity index (χ1n) is 3.10. The molecule has 2 heteroatoms. The zero-order chi connectivity index (χ0) is 7.40. The molecule has 0 saturated heterocycles. The van der Waals surface area contributed by atoms with Crippen molar-refractivity contribution in [3.8, 4) is 5.75 Å². The first-order valence-corrected chi connectivity index (χ1v) is 3.10. The van der Waals surface area contributed by atoms with E-state index in [-0.39, 0.29) is 0 Å². The largest absolute Gasteiger partial charge is 0.465 e. The Hall–Kier alpha value is -1.02. The molecule has 1 aromatic carbocycles. The van der Waals surface area contributed by atoms with Gasteiger partial charge in [-0.1, -0.05) is 12.1 Å². The van der Waals surface area contributed by atoms with Gasteiger partial charge in [-0.05, 0) is 24.6 Å². The third-order valence-electron chi connectivity index (χ3n) is 1.22. The monoisotopic (exact) mass is 137 g/mol. The molecule has 0 atom stereocenters. The summed E-state index contributed by atoms with van der Waals surface area (Å²) in [6.07, 6.45) is 0. The second-order valence-electron chi connectivity index (χ2n) is 2.08. The van der Waals surface area contributed by atoms with Gasteiger partial charge in [0, 0.05) is 0 Å². The van der Waals surface area contributed by atoms with Crippen molar-refractivity contribution in [2.24, 2.45) is 0 Å². The summed E-state index contributed by atoms with van der Waals surface area (Å²) in [4.78, 5) is 0. The van der Waals surface area contributed by atoms with Crippen molar-refractivity contribution in [1.29, 1.82) is 0 Å². The molecule has 0 aliphatic heterocycles. The highest BCUT2D eigenvalue weighted by atomic mass is 16.6. The van der Waals surface area contributed by atoms with E-state index in [9.17, 15) is 5.11 Å². The van der Waals surface area contributed by atoms with Gasteiger partial charge in [-0.2, -0.15) is 5.11 Å². The van der Waals surface area contributed by atoms with Gasteiger partial charge in [-0.3, -0.25) is 0 Å². The maximum absolute atomic E-state index is 9.99. The van der Waals surface area contributed by atoms with Gasteiger partial charge in [-0.25, -0.2) is 0 Å². The zero-order valence-corrected chi connectivity index (χ0v) is 5.83. The maximum Gasteiger partial charge on any atom is 0.221 e.